The van der Waals surface area contributed by atoms with Crippen LogP contribution in [0.5, 0.6) is 0 Å². The number of carbonyl (C=O) groups excluding carboxylic acids is 2. The summed E-state index contributed by atoms with van der Waals surface area (Å²) in [6, 6.07) is 15.7. The Morgan fingerprint density at radius 3 is 2.29 bits per heavy atom. The molecule has 0 saturated carbocycles. The molecule has 0 spiro atoms. The molecule has 0 bridgehead atoms. The van der Waals surface area contributed by atoms with Gasteiger partial charge in [-0.05, 0) is 50.1 Å². The average Bonchev–Trinajstić information content (AvgIpc) is 2.75. The van der Waals surface area contributed by atoms with Crippen molar-refractivity contribution in [1.82, 2.24) is 4.31 Å². The fourth-order valence-electron chi connectivity index (χ4n) is 3.34. The molecule has 0 saturated heterocycles. The Morgan fingerprint density at radius 2 is 1.68 bits per heavy atom. The van der Waals surface area contributed by atoms with Gasteiger partial charge in [0.1, 0.15) is 0 Å². The first-order valence-corrected chi connectivity index (χ1v) is 11.4. The average molecular weight is 440 g/mol. The fourth-order valence-corrected chi connectivity index (χ4v) is 4.75. The van der Waals surface area contributed by atoms with Gasteiger partial charge in [-0.2, -0.15) is 0 Å². The first kappa shape index (κ1) is 22.5. The topological polar surface area (TPSA) is 80.8 Å². The van der Waals surface area contributed by atoms with Gasteiger partial charge in [-0.15, -0.1) is 0 Å². The van der Waals surface area contributed by atoms with E-state index in [2.05, 4.69) is 0 Å². The Morgan fingerprint density at radius 1 is 1.03 bits per heavy atom. The summed E-state index contributed by atoms with van der Waals surface area (Å²) in [5.41, 5.74) is 2.83. The van der Waals surface area contributed by atoms with Crippen molar-refractivity contribution in [2.24, 2.45) is 0 Å². The second kappa shape index (κ2) is 9.31. The van der Waals surface area contributed by atoms with Crippen LogP contribution in [0.3, 0.4) is 0 Å². The Kier molecular flexibility index (Phi) is 6.75. The molecule has 0 aliphatic carbocycles. The lowest BCUT2D eigenvalue weighted by molar-refractivity contribution is -0.138. The molecule has 1 aliphatic heterocycles. The van der Waals surface area contributed by atoms with Crippen molar-refractivity contribution < 1.29 is 22.7 Å². The van der Waals surface area contributed by atoms with Gasteiger partial charge in [0, 0.05) is 17.6 Å². The highest BCUT2D eigenvalue weighted by atomic mass is 32.2. The van der Waals surface area contributed by atoms with Gasteiger partial charge in [-0.1, -0.05) is 48.0 Å². The van der Waals surface area contributed by atoms with Gasteiger partial charge in [0.05, 0.1) is 18.0 Å². The Hall–Kier alpha value is -3.19. The van der Waals surface area contributed by atoms with Crippen LogP contribution in [0, 0.1) is 6.92 Å². The van der Waals surface area contributed by atoms with E-state index >= 15 is 0 Å². The SMILES string of the molecule is CCOC(=O)/C(Cc1ccccc1)=C1/C=C(C)C(=O)N(S(=O)(=O)c2ccc(C)cc2)C1. The molecule has 0 atom stereocenters. The largest absolute Gasteiger partial charge is 0.463 e. The van der Waals surface area contributed by atoms with Crippen LogP contribution in [-0.2, 0) is 30.8 Å². The minimum atomic E-state index is -4.08. The molecule has 7 heteroatoms. The first-order valence-electron chi connectivity index (χ1n) is 9.99. The molecule has 0 N–H and O–H groups in total. The Labute approximate surface area is 182 Å². The van der Waals surface area contributed by atoms with Crippen LogP contribution in [0.25, 0.3) is 0 Å². The van der Waals surface area contributed by atoms with Gasteiger partial charge in [0.25, 0.3) is 15.9 Å². The smallest absolute Gasteiger partial charge is 0.334 e. The maximum Gasteiger partial charge on any atom is 0.334 e. The highest BCUT2D eigenvalue weighted by molar-refractivity contribution is 7.89. The van der Waals surface area contributed by atoms with Crippen molar-refractivity contribution in [3.8, 4) is 0 Å². The third kappa shape index (κ3) is 4.94. The van der Waals surface area contributed by atoms with Crippen LogP contribution in [-0.4, -0.2) is 37.8 Å². The number of hydrogen-bond donors (Lipinski definition) is 0. The first-order chi connectivity index (χ1) is 14.7. The molecule has 3 rings (SSSR count). The summed E-state index contributed by atoms with van der Waals surface area (Å²) in [6.45, 7) is 5.07. The normalized spacial score (nSPS) is 16.0. The lowest BCUT2D eigenvalue weighted by Crippen LogP contribution is -2.41. The molecular weight excluding hydrogens is 414 g/mol. The molecule has 1 aliphatic rings. The minimum Gasteiger partial charge on any atom is -0.463 e. The molecule has 6 nitrogen and oxygen atoms in total. The van der Waals surface area contributed by atoms with Crippen LogP contribution >= 0.6 is 0 Å². The van der Waals surface area contributed by atoms with Crippen molar-refractivity contribution in [3.63, 3.8) is 0 Å². The second-order valence-electron chi connectivity index (χ2n) is 7.34. The van der Waals surface area contributed by atoms with Crippen molar-refractivity contribution in [3.05, 3.63) is 88.5 Å². The zero-order chi connectivity index (χ0) is 22.6. The number of rotatable bonds is 6. The summed E-state index contributed by atoms with van der Waals surface area (Å²) in [5, 5.41) is 0. The summed E-state index contributed by atoms with van der Waals surface area (Å²) < 4.78 is 32.5. The highest BCUT2D eigenvalue weighted by Gasteiger charge is 2.35. The molecule has 2 aromatic carbocycles. The van der Waals surface area contributed by atoms with Crippen molar-refractivity contribution >= 4 is 21.9 Å². The molecular formula is C24H25NO5S. The molecule has 162 valence electrons. The number of benzene rings is 2. The van der Waals surface area contributed by atoms with Gasteiger partial charge >= 0.3 is 5.97 Å². The number of ether oxygens (including phenoxy) is 1. The molecule has 0 unspecified atom stereocenters. The van der Waals surface area contributed by atoms with E-state index in [1.165, 1.54) is 12.1 Å². The molecule has 2 aromatic rings. The maximum atomic E-state index is 13.2. The molecule has 31 heavy (non-hydrogen) atoms. The summed E-state index contributed by atoms with van der Waals surface area (Å²) in [7, 11) is -4.08. The summed E-state index contributed by atoms with van der Waals surface area (Å²) >= 11 is 0. The zero-order valence-corrected chi connectivity index (χ0v) is 18.6. The standard InChI is InChI=1S/C24H25NO5S/c1-4-30-24(27)22(15-19-8-6-5-7-9-19)20-14-18(3)23(26)25(16-20)31(28,29)21-12-10-17(2)11-13-21/h5-14H,4,15-16H2,1-3H3/b22-20-. The third-order valence-electron chi connectivity index (χ3n) is 5.01. The number of aryl methyl sites for hydroxylation is 1. The maximum absolute atomic E-state index is 13.2. The number of nitrogens with zero attached hydrogens (tertiary/aromatic N) is 1. The van der Waals surface area contributed by atoms with Crippen molar-refractivity contribution in [2.45, 2.75) is 32.1 Å². The molecule has 1 amide bonds. The van der Waals surface area contributed by atoms with E-state index in [9.17, 15) is 18.0 Å². The van der Waals surface area contributed by atoms with Crippen LogP contribution in [0.2, 0.25) is 0 Å². The van der Waals surface area contributed by atoms with E-state index in [-0.39, 0.29) is 30.0 Å². The Bertz CT molecular complexity index is 1150. The predicted octanol–water partition coefficient (Wildman–Crippen LogP) is 3.57. The van der Waals surface area contributed by atoms with E-state index in [1.54, 1.807) is 32.1 Å². The Balaban J connectivity index is 2.07. The van der Waals surface area contributed by atoms with Crippen LogP contribution in [0.1, 0.15) is 25.0 Å². The van der Waals surface area contributed by atoms with Gasteiger partial charge in [-0.3, -0.25) is 4.79 Å². The van der Waals surface area contributed by atoms with Gasteiger partial charge in [-0.25, -0.2) is 17.5 Å². The van der Waals surface area contributed by atoms with E-state index in [0.717, 1.165) is 15.4 Å². The van der Waals surface area contributed by atoms with E-state index < -0.39 is 21.9 Å². The van der Waals surface area contributed by atoms with Crippen molar-refractivity contribution in [1.29, 1.82) is 0 Å². The van der Waals surface area contributed by atoms with Gasteiger partial charge < -0.3 is 4.74 Å². The van der Waals surface area contributed by atoms with E-state index in [4.69, 9.17) is 4.74 Å². The quantitative estimate of drug-likeness (QED) is 0.508. The lowest BCUT2D eigenvalue weighted by Gasteiger charge is -2.28. The monoisotopic (exact) mass is 439 g/mol. The molecule has 1 heterocycles. The molecule has 0 aromatic heterocycles. The number of hydrogen-bond acceptors (Lipinski definition) is 5. The van der Waals surface area contributed by atoms with Crippen LogP contribution in [0.4, 0.5) is 0 Å². The molecule has 0 radical (unpaired) electrons. The fraction of sp³-hybridized carbons (Fsp3) is 0.250. The van der Waals surface area contributed by atoms with E-state index in [1.807, 2.05) is 37.3 Å². The highest BCUT2D eigenvalue weighted by Crippen LogP contribution is 2.27. The number of sulfonamides is 1. The number of amides is 1. The van der Waals surface area contributed by atoms with Crippen LogP contribution in [0.15, 0.2) is 82.3 Å². The summed E-state index contributed by atoms with van der Waals surface area (Å²) in [5.74, 6) is -1.13. The van der Waals surface area contributed by atoms with Gasteiger partial charge in [0.15, 0.2) is 0 Å². The molecule has 0 fully saturated rings. The number of carbonyl (C=O) groups is 2. The summed E-state index contributed by atoms with van der Waals surface area (Å²) in [4.78, 5) is 25.5. The van der Waals surface area contributed by atoms with Crippen molar-refractivity contribution in [2.75, 3.05) is 13.2 Å². The van der Waals surface area contributed by atoms with Crippen LogP contribution < -0.4 is 0 Å². The van der Waals surface area contributed by atoms with E-state index in [0.29, 0.717) is 11.1 Å². The second-order valence-corrected chi connectivity index (χ2v) is 9.21. The lowest BCUT2D eigenvalue weighted by atomic mass is 9.96. The number of esters is 1. The predicted molar refractivity (Wildman–Crippen MR) is 118 cm³/mol. The van der Waals surface area contributed by atoms with Gasteiger partial charge in [0.2, 0.25) is 0 Å². The summed E-state index contributed by atoms with van der Waals surface area (Å²) in [6.07, 6.45) is 1.85. The third-order valence-corrected chi connectivity index (χ3v) is 6.75. The minimum absolute atomic E-state index is 0.0289. The zero-order valence-electron chi connectivity index (χ0n) is 17.8.